The number of methoxy groups -OCH3 is 2. The number of benzene rings is 1. The number of aryl methyl sites for hydroxylation is 2. The third-order valence-electron chi connectivity index (χ3n) is 4.79. The molecule has 0 saturated heterocycles. The maximum absolute atomic E-state index is 13.1. The van der Waals surface area contributed by atoms with E-state index in [1.165, 1.54) is 14.2 Å². The zero-order valence-corrected chi connectivity index (χ0v) is 17.6. The van der Waals surface area contributed by atoms with Gasteiger partial charge in [-0.1, -0.05) is 0 Å². The van der Waals surface area contributed by atoms with Crippen molar-refractivity contribution < 1.29 is 19.0 Å². The van der Waals surface area contributed by atoms with Gasteiger partial charge in [-0.2, -0.15) is 10.5 Å². The number of hydrogen-bond acceptors (Lipinski definition) is 8. The number of rotatable bonds is 6. The molecule has 0 amide bonds. The van der Waals surface area contributed by atoms with Gasteiger partial charge in [-0.25, -0.2) is 9.78 Å². The first-order valence-electron chi connectivity index (χ1n) is 9.43. The summed E-state index contributed by atoms with van der Waals surface area (Å²) in [4.78, 5) is 22.0. The Labute approximate surface area is 179 Å². The average Bonchev–Trinajstić information content (AvgIpc) is 2.78. The van der Waals surface area contributed by atoms with E-state index in [4.69, 9.17) is 19.5 Å². The largest absolute Gasteiger partial charge is 0.496 e. The predicted molar refractivity (Wildman–Crippen MR) is 113 cm³/mol. The molecule has 0 bridgehead atoms. The van der Waals surface area contributed by atoms with Gasteiger partial charge in [0.15, 0.2) is 0 Å². The molecule has 0 aliphatic carbocycles. The second-order valence-electron chi connectivity index (χ2n) is 6.69. The molecular weight excluding hydrogens is 396 g/mol. The number of aromatic nitrogens is 2. The summed E-state index contributed by atoms with van der Waals surface area (Å²) in [5, 5.41) is 18.6. The normalized spacial score (nSPS) is 10.3. The Bertz CT molecular complexity index is 1260. The van der Waals surface area contributed by atoms with E-state index in [2.05, 4.69) is 16.0 Å². The Morgan fingerprint density at radius 3 is 2.58 bits per heavy atom. The van der Waals surface area contributed by atoms with Gasteiger partial charge in [0.05, 0.1) is 60.5 Å². The fraction of sp³-hybridized carbons (Fsp3) is 0.261. The third kappa shape index (κ3) is 3.96. The van der Waals surface area contributed by atoms with Crippen LogP contribution in [0.1, 0.15) is 33.6 Å². The SMILES string of the molecule is COc1cc(C#N)ccc1-c1c(C(=O)OCCC#N)c(C)nc2c(C)cnc(OC)c12. The summed E-state index contributed by atoms with van der Waals surface area (Å²) in [7, 11) is 2.98. The van der Waals surface area contributed by atoms with Gasteiger partial charge in [-0.15, -0.1) is 0 Å². The molecule has 0 N–H and O–H groups in total. The number of fused-ring (bicyclic) bond motifs is 1. The van der Waals surface area contributed by atoms with Gasteiger partial charge in [0, 0.05) is 17.3 Å². The molecule has 0 aliphatic heterocycles. The predicted octanol–water partition coefficient (Wildman–Crippen LogP) is 3.87. The zero-order valence-electron chi connectivity index (χ0n) is 17.6. The molecule has 31 heavy (non-hydrogen) atoms. The van der Waals surface area contributed by atoms with Crippen LogP contribution in [-0.4, -0.2) is 36.8 Å². The lowest BCUT2D eigenvalue weighted by molar-refractivity contribution is 0.0513. The molecule has 0 atom stereocenters. The molecule has 0 fully saturated rings. The molecule has 156 valence electrons. The minimum Gasteiger partial charge on any atom is -0.496 e. The second kappa shape index (κ2) is 9.10. The Morgan fingerprint density at radius 1 is 1.16 bits per heavy atom. The molecule has 8 heteroatoms. The summed E-state index contributed by atoms with van der Waals surface area (Å²) in [6.45, 7) is 3.54. The molecule has 1 aromatic carbocycles. The van der Waals surface area contributed by atoms with Crippen molar-refractivity contribution >= 4 is 16.9 Å². The first-order chi connectivity index (χ1) is 15.0. The van der Waals surface area contributed by atoms with Gasteiger partial charge in [-0.05, 0) is 37.6 Å². The van der Waals surface area contributed by atoms with Crippen LogP contribution < -0.4 is 9.47 Å². The second-order valence-corrected chi connectivity index (χ2v) is 6.69. The van der Waals surface area contributed by atoms with Gasteiger partial charge in [0.1, 0.15) is 12.4 Å². The molecule has 3 aromatic rings. The van der Waals surface area contributed by atoms with Gasteiger partial charge < -0.3 is 14.2 Å². The highest BCUT2D eigenvalue weighted by Crippen LogP contribution is 2.42. The van der Waals surface area contributed by atoms with Crippen LogP contribution in [0.3, 0.4) is 0 Å². The fourth-order valence-electron chi connectivity index (χ4n) is 3.38. The van der Waals surface area contributed by atoms with E-state index in [1.807, 2.05) is 13.0 Å². The Kier molecular flexibility index (Phi) is 6.32. The van der Waals surface area contributed by atoms with Crippen LogP contribution in [0.4, 0.5) is 0 Å². The molecule has 0 radical (unpaired) electrons. The lowest BCUT2D eigenvalue weighted by Gasteiger charge is -2.19. The van der Waals surface area contributed by atoms with Crippen LogP contribution in [0.15, 0.2) is 24.4 Å². The van der Waals surface area contributed by atoms with Crippen LogP contribution in [0.2, 0.25) is 0 Å². The first-order valence-corrected chi connectivity index (χ1v) is 9.43. The van der Waals surface area contributed by atoms with Gasteiger partial charge in [0.2, 0.25) is 5.88 Å². The molecule has 2 heterocycles. The fourth-order valence-corrected chi connectivity index (χ4v) is 3.38. The lowest BCUT2D eigenvalue weighted by Crippen LogP contribution is -2.13. The van der Waals surface area contributed by atoms with Gasteiger partial charge in [0.25, 0.3) is 0 Å². The molecule has 0 aliphatic rings. The molecule has 2 aromatic heterocycles. The van der Waals surface area contributed by atoms with Gasteiger partial charge in [-0.3, -0.25) is 4.98 Å². The smallest absolute Gasteiger partial charge is 0.340 e. The van der Waals surface area contributed by atoms with Crippen molar-refractivity contribution in [2.75, 3.05) is 20.8 Å². The number of nitriles is 2. The van der Waals surface area contributed by atoms with Crippen molar-refractivity contribution in [3.05, 3.63) is 46.8 Å². The van der Waals surface area contributed by atoms with Crippen LogP contribution in [0, 0.1) is 36.5 Å². The van der Waals surface area contributed by atoms with E-state index in [9.17, 15) is 10.1 Å². The van der Waals surface area contributed by atoms with Crippen molar-refractivity contribution in [3.8, 4) is 34.9 Å². The van der Waals surface area contributed by atoms with Crippen LogP contribution in [-0.2, 0) is 4.74 Å². The number of hydrogen-bond donors (Lipinski definition) is 0. The quantitative estimate of drug-likeness (QED) is 0.439. The first kappa shape index (κ1) is 21.5. The minimum atomic E-state index is -0.618. The number of carbonyl (C=O) groups excluding carboxylic acids is 1. The van der Waals surface area contributed by atoms with Crippen LogP contribution in [0.5, 0.6) is 11.6 Å². The van der Waals surface area contributed by atoms with Crippen molar-refractivity contribution in [1.29, 1.82) is 10.5 Å². The van der Waals surface area contributed by atoms with Crippen molar-refractivity contribution in [2.45, 2.75) is 20.3 Å². The molecule has 0 unspecified atom stereocenters. The Hall–Kier alpha value is -4.17. The number of carbonyl (C=O) groups is 1. The number of nitrogens with zero attached hydrogens (tertiary/aromatic N) is 4. The van der Waals surface area contributed by atoms with Crippen LogP contribution in [0.25, 0.3) is 22.0 Å². The van der Waals surface area contributed by atoms with Crippen molar-refractivity contribution in [1.82, 2.24) is 9.97 Å². The Morgan fingerprint density at radius 2 is 1.94 bits per heavy atom. The van der Waals surface area contributed by atoms with E-state index >= 15 is 0 Å². The van der Waals surface area contributed by atoms with Gasteiger partial charge >= 0.3 is 5.97 Å². The highest BCUT2D eigenvalue weighted by Gasteiger charge is 2.27. The Balaban J connectivity index is 2.45. The molecule has 0 saturated carbocycles. The highest BCUT2D eigenvalue weighted by atomic mass is 16.5. The van der Waals surface area contributed by atoms with E-state index in [-0.39, 0.29) is 18.6 Å². The summed E-state index contributed by atoms with van der Waals surface area (Å²) < 4.78 is 16.4. The van der Waals surface area contributed by atoms with E-state index in [0.717, 1.165) is 5.56 Å². The summed E-state index contributed by atoms with van der Waals surface area (Å²) in [5.41, 5.74) is 3.56. The monoisotopic (exact) mass is 416 g/mol. The maximum atomic E-state index is 13.1. The number of pyridine rings is 2. The third-order valence-corrected chi connectivity index (χ3v) is 4.79. The van der Waals surface area contributed by atoms with E-state index in [1.54, 1.807) is 31.3 Å². The maximum Gasteiger partial charge on any atom is 0.340 e. The average molecular weight is 416 g/mol. The van der Waals surface area contributed by atoms with E-state index in [0.29, 0.717) is 44.9 Å². The van der Waals surface area contributed by atoms with E-state index < -0.39 is 5.97 Å². The lowest BCUT2D eigenvalue weighted by atomic mass is 9.92. The summed E-state index contributed by atoms with van der Waals surface area (Å²) in [6.07, 6.45) is 1.73. The number of esters is 1. The molecule has 8 nitrogen and oxygen atoms in total. The molecule has 0 spiro atoms. The number of ether oxygens (including phenoxy) is 3. The summed E-state index contributed by atoms with van der Waals surface area (Å²) in [5.74, 6) is 0.0771. The zero-order chi connectivity index (χ0) is 22.5. The van der Waals surface area contributed by atoms with Crippen LogP contribution >= 0.6 is 0 Å². The summed E-state index contributed by atoms with van der Waals surface area (Å²) >= 11 is 0. The standard InChI is InChI=1S/C23H20N4O4/c1-13-12-26-22(30-4)20-19(16-7-6-15(11-25)10-17(16)29-3)18(14(2)27-21(13)20)23(28)31-9-5-8-24/h6-7,10,12H,5,9H2,1-4H3. The minimum absolute atomic E-state index is 0.0417. The van der Waals surface area contributed by atoms with Crippen molar-refractivity contribution in [3.63, 3.8) is 0 Å². The molecular formula is C23H20N4O4. The molecule has 3 rings (SSSR count). The topological polar surface area (TPSA) is 118 Å². The van der Waals surface area contributed by atoms with Crippen molar-refractivity contribution in [2.24, 2.45) is 0 Å². The summed E-state index contributed by atoms with van der Waals surface area (Å²) in [6, 6.07) is 8.97. The highest BCUT2D eigenvalue weighted by molar-refractivity contribution is 6.10.